The molecule has 0 bridgehead atoms. The smallest absolute Gasteiger partial charge is 0.203 e. The van der Waals surface area contributed by atoms with E-state index in [0.717, 1.165) is 11.3 Å². The number of aromatic nitrogens is 1. The summed E-state index contributed by atoms with van der Waals surface area (Å²) in [5.74, 6) is 0.558. The van der Waals surface area contributed by atoms with Gasteiger partial charge in [0.25, 0.3) is 0 Å². The number of halogens is 2. The van der Waals surface area contributed by atoms with E-state index in [1.165, 1.54) is 11.3 Å². The number of hydrogen-bond donors (Lipinski definition) is 1. The molecule has 0 aliphatic heterocycles. The molecule has 1 aromatic heterocycles. The lowest BCUT2D eigenvalue weighted by Gasteiger charge is -2.06. The number of hydrogen-bond acceptors (Lipinski definition) is 5. The number of rotatable bonds is 5. The zero-order chi connectivity index (χ0) is 16.9. The maximum absolute atomic E-state index is 6.18. The maximum Gasteiger partial charge on any atom is 0.203 e. The summed E-state index contributed by atoms with van der Waals surface area (Å²) in [6.45, 7) is 0. The largest absolute Gasteiger partial charge is 0.496 e. The summed E-state index contributed by atoms with van der Waals surface area (Å²) in [6, 6.07) is 13.3. The third-order valence-corrected chi connectivity index (χ3v) is 4.48. The van der Waals surface area contributed by atoms with Crippen LogP contribution in [0, 0.1) is 0 Å². The molecule has 0 spiro atoms. The topological polar surface area (TPSA) is 46.5 Å². The van der Waals surface area contributed by atoms with Crippen LogP contribution in [0.5, 0.6) is 5.75 Å². The molecule has 24 heavy (non-hydrogen) atoms. The number of thiazole rings is 1. The first-order chi connectivity index (χ1) is 11.7. The molecule has 1 N–H and O–H groups in total. The molecule has 3 rings (SSSR count). The molecule has 2 aromatic carbocycles. The fraction of sp³-hybridized carbons (Fsp3) is 0.0588. The lowest BCUT2D eigenvalue weighted by atomic mass is 10.2. The molecular weight excluding hydrogens is 365 g/mol. The summed E-state index contributed by atoms with van der Waals surface area (Å²) in [4.78, 5) is 4.50. The first-order valence-electron chi connectivity index (χ1n) is 7.00. The highest BCUT2D eigenvalue weighted by Gasteiger charge is 2.08. The van der Waals surface area contributed by atoms with E-state index in [9.17, 15) is 0 Å². The van der Waals surface area contributed by atoms with Crippen LogP contribution in [0.15, 0.2) is 52.9 Å². The van der Waals surface area contributed by atoms with E-state index in [1.807, 2.05) is 35.7 Å². The van der Waals surface area contributed by atoms with Crippen LogP contribution in [-0.2, 0) is 0 Å². The van der Waals surface area contributed by atoms with Crippen molar-refractivity contribution in [3.8, 4) is 17.0 Å². The van der Waals surface area contributed by atoms with Gasteiger partial charge < -0.3 is 4.74 Å². The number of anilines is 1. The molecule has 0 atom stereocenters. The molecule has 0 fully saturated rings. The SMILES string of the molecule is COc1cc(Cl)cc(Cl)c1C=NNc1nc(-c2ccccc2)cs1. The van der Waals surface area contributed by atoms with E-state index < -0.39 is 0 Å². The summed E-state index contributed by atoms with van der Waals surface area (Å²) in [5, 5.41) is 7.82. The Morgan fingerprint density at radius 2 is 2.00 bits per heavy atom. The molecule has 7 heteroatoms. The molecule has 4 nitrogen and oxygen atoms in total. The van der Waals surface area contributed by atoms with Crippen molar-refractivity contribution in [3.63, 3.8) is 0 Å². The molecule has 0 aliphatic rings. The first kappa shape index (κ1) is 16.8. The zero-order valence-corrected chi connectivity index (χ0v) is 15.0. The predicted octanol–water partition coefficient (Wildman–Crippen LogP) is 5.57. The van der Waals surface area contributed by atoms with Gasteiger partial charge in [0.05, 0.1) is 29.6 Å². The van der Waals surface area contributed by atoms with Crippen LogP contribution in [0.4, 0.5) is 5.13 Å². The Labute approximate surface area is 153 Å². The molecule has 0 amide bonds. The van der Waals surface area contributed by atoms with Crippen LogP contribution in [0.1, 0.15) is 5.56 Å². The van der Waals surface area contributed by atoms with Gasteiger partial charge in [0, 0.05) is 16.0 Å². The van der Waals surface area contributed by atoms with Crippen LogP contribution in [-0.4, -0.2) is 18.3 Å². The summed E-state index contributed by atoms with van der Waals surface area (Å²) in [6.07, 6.45) is 1.58. The van der Waals surface area contributed by atoms with Gasteiger partial charge in [-0.25, -0.2) is 4.98 Å². The summed E-state index contributed by atoms with van der Waals surface area (Å²) >= 11 is 13.6. The lowest BCUT2D eigenvalue weighted by molar-refractivity contribution is 0.414. The molecule has 0 saturated heterocycles. The Balaban J connectivity index is 1.75. The molecule has 0 aliphatic carbocycles. The zero-order valence-electron chi connectivity index (χ0n) is 12.7. The molecule has 0 unspecified atom stereocenters. The van der Waals surface area contributed by atoms with Gasteiger partial charge in [-0.3, -0.25) is 5.43 Å². The average molecular weight is 378 g/mol. The first-order valence-corrected chi connectivity index (χ1v) is 8.64. The number of nitrogens with zero attached hydrogens (tertiary/aromatic N) is 2. The van der Waals surface area contributed by atoms with Gasteiger partial charge in [-0.05, 0) is 12.1 Å². The van der Waals surface area contributed by atoms with Crippen LogP contribution < -0.4 is 10.2 Å². The van der Waals surface area contributed by atoms with Crippen molar-refractivity contribution in [1.82, 2.24) is 4.98 Å². The minimum absolute atomic E-state index is 0.467. The minimum atomic E-state index is 0.467. The number of ether oxygens (including phenoxy) is 1. The van der Waals surface area contributed by atoms with E-state index in [-0.39, 0.29) is 0 Å². The number of nitrogens with one attached hydrogen (secondary N) is 1. The molecule has 0 radical (unpaired) electrons. The van der Waals surface area contributed by atoms with Gasteiger partial charge in [0.2, 0.25) is 5.13 Å². The number of hydrazone groups is 1. The lowest BCUT2D eigenvalue weighted by Crippen LogP contribution is -1.95. The third-order valence-electron chi connectivity index (χ3n) is 3.20. The minimum Gasteiger partial charge on any atom is -0.496 e. The summed E-state index contributed by atoms with van der Waals surface area (Å²) < 4.78 is 5.27. The van der Waals surface area contributed by atoms with Crippen LogP contribution >= 0.6 is 34.5 Å². The maximum atomic E-state index is 6.18. The fourth-order valence-corrected chi connectivity index (χ4v) is 3.27. The second kappa shape index (κ2) is 7.66. The second-order valence-electron chi connectivity index (χ2n) is 4.78. The predicted molar refractivity (Wildman–Crippen MR) is 102 cm³/mol. The Hall–Kier alpha value is -2.08. The molecule has 3 aromatic rings. The van der Waals surface area contributed by atoms with Crippen LogP contribution in [0.2, 0.25) is 10.0 Å². The van der Waals surface area contributed by atoms with Crippen molar-refractivity contribution in [2.75, 3.05) is 12.5 Å². The van der Waals surface area contributed by atoms with Crippen molar-refractivity contribution in [3.05, 3.63) is 63.5 Å². The highest BCUT2D eigenvalue weighted by atomic mass is 35.5. The standard InChI is InChI=1S/C17H13Cl2N3OS/c1-23-16-8-12(18)7-14(19)13(16)9-20-22-17-21-15(10-24-17)11-5-3-2-4-6-11/h2-10H,1H3,(H,21,22). The van der Waals surface area contributed by atoms with Gasteiger partial charge in [0.1, 0.15) is 5.75 Å². The molecule has 122 valence electrons. The van der Waals surface area contributed by atoms with E-state index in [2.05, 4.69) is 15.5 Å². The van der Waals surface area contributed by atoms with Gasteiger partial charge in [0.15, 0.2) is 0 Å². The summed E-state index contributed by atoms with van der Waals surface area (Å²) in [7, 11) is 1.56. The highest BCUT2D eigenvalue weighted by molar-refractivity contribution is 7.14. The Bertz CT molecular complexity index is 866. The van der Waals surface area contributed by atoms with E-state index in [1.54, 1.807) is 25.5 Å². The van der Waals surface area contributed by atoms with Crippen molar-refractivity contribution in [2.24, 2.45) is 5.10 Å². The van der Waals surface area contributed by atoms with Crippen molar-refractivity contribution in [1.29, 1.82) is 0 Å². The third kappa shape index (κ3) is 3.87. The number of benzene rings is 2. The Morgan fingerprint density at radius 1 is 1.21 bits per heavy atom. The fourth-order valence-electron chi connectivity index (χ4n) is 2.07. The quantitative estimate of drug-likeness (QED) is 0.466. The normalized spacial score (nSPS) is 11.0. The average Bonchev–Trinajstić information content (AvgIpc) is 3.06. The molecular formula is C17H13Cl2N3OS. The Kier molecular flexibility index (Phi) is 5.35. The van der Waals surface area contributed by atoms with Crippen molar-refractivity contribution < 1.29 is 4.74 Å². The molecule has 1 heterocycles. The van der Waals surface area contributed by atoms with E-state index in [0.29, 0.717) is 26.5 Å². The van der Waals surface area contributed by atoms with E-state index >= 15 is 0 Å². The van der Waals surface area contributed by atoms with Crippen molar-refractivity contribution in [2.45, 2.75) is 0 Å². The second-order valence-corrected chi connectivity index (χ2v) is 6.48. The number of methoxy groups -OCH3 is 1. The van der Waals surface area contributed by atoms with Gasteiger partial charge in [-0.1, -0.05) is 53.5 Å². The van der Waals surface area contributed by atoms with Crippen molar-refractivity contribution >= 4 is 45.9 Å². The van der Waals surface area contributed by atoms with Gasteiger partial charge in [-0.2, -0.15) is 5.10 Å². The van der Waals surface area contributed by atoms with Crippen LogP contribution in [0.3, 0.4) is 0 Å². The molecule has 0 saturated carbocycles. The Morgan fingerprint density at radius 3 is 2.75 bits per heavy atom. The van der Waals surface area contributed by atoms with E-state index in [4.69, 9.17) is 27.9 Å². The summed E-state index contributed by atoms with van der Waals surface area (Å²) in [5.41, 5.74) is 5.52. The van der Waals surface area contributed by atoms with Gasteiger partial charge >= 0.3 is 0 Å². The van der Waals surface area contributed by atoms with Crippen LogP contribution in [0.25, 0.3) is 11.3 Å². The van der Waals surface area contributed by atoms with Gasteiger partial charge in [-0.15, -0.1) is 11.3 Å². The highest BCUT2D eigenvalue weighted by Crippen LogP contribution is 2.29. The monoisotopic (exact) mass is 377 g/mol.